The Hall–Kier alpha value is -1.09. The first-order valence-corrected chi connectivity index (χ1v) is 6.75. The van der Waals surface area contributed by atoms with Gasteiger partial charge >= 0.3 is 0 Å². The second kappa shape index (κ2) is 6.19. The van der Waals surface area contributed by atoms with Crippen LogP contribution < -0.4 is 10.1 Å². The lowest BCUT2D eigenvalue weighted by Gasteiger charge is -2.12. The quantitative estimate of drug-likeness (QED) is 0.803. The van der Waals surface area contributed by atoms with Gasteiger partial charge in [0.15, 0.2) is 11.6 Å². The number of benzene rings is 1. The van der Waals surface area contributed by atoms with Crippen LogP contribution in [-0.2, 0) is 6.42 Å². The van der Waals surface area contributed by atoms with Crippen molar-refractivity contribution in [3.8, 4) is 5.75 Å². The summed E-state index contributed by atoms with van der Waals surface area (Å²) >= 11 is 0. The van der Waals surface area contributed by atoms with Gasteiger partial charge in [-0.3, -0.25) is 0 Å². The fraction of sp³-hybridized carbons (Fsp3) is 0.600. The zero-order valence-electron chi connectivity index (χ0n) is 11.2. The maximum Gasteiger partial charge on any atom is 0.165 e. The number of rotatable bonds is 7. The van der Waals surface area contributed by atoms with Crippen molar-refractivity contribution in [1.82, 2.24) is 5.32 Å². The molecule has 0 heterocycles. The molecule has 1 unspecified atom stereocenters. The van der Waals surface area contributed by atoms with Crippen molar-refractivity contribution in [3.63, 3.8) is 0 Å². The number of nitrogens with one attached hydrogen (secondary N) is 1. The van der Waals surface area contributed by atoms with Crippen molar-refractivity contribution in [2.24, 2.45) is 5.92 Å². The number of hydrogen-bond acceptors (Lipinski definition) is 2. The molecule has 1 saturated carbocycles. The molecule has 1 aliphatic carbocycles. The maximum atomic E-state index is 13.5. The molecular formula is C15H22FNO. The van der Waals surface area contributed by atoms with Gasteiger partial charge in [-0.2, -0.15) is 0 Å². The number of methoxy groups -OCH3 is 1. The Balaban J connectivity index is 1.78. The zero-order chi connectivity index (χ0) is 13.0. The summed E-state index contributed by atoms with van der Waals surface area (Å²) in [5.41, 5.74) is 1.05. The molecule has 0 spiro atoms. The number of hydrogen-bond donors (Lipinski definition) is 1. The molecule has 0 saturated heterocycles. The van der Waals surface area contributed by atoms with Crippen molar-refractivity contribution in [2.75, 3.05) is 13.7 Å². The standard InChI is InChI=1S/C15H22FNO/c1-11(7-8-17-13-4-5-13)9-12-3-6-15(18-2)14(16)10-12/h3,6,10-11,13,17H,4-5,7-9H2,1-2H3. The molecule has 1 aliphatic rings. The second-order valence-corrected chi connectivity index (χ2v) is 5.30. The molecule has 0 radical (unpaired) electrons. The highest BCUT2D eigenvalue weighted by Crippen LogP contribution is 2.21. The van der Waals surface area contributed by atoms with E-state index in [2.05, 4.69) is 12.2 Å². The molecule has 0 aliphatic heterocycles. The minimum absolute atomic E-state index is 0.265. The minimum Gasteiger partial charge on any atom is -0.494 e. The SMILES string of the molecule is COc1ccc(CC(C)CCNC2CC2)cc1F. The average molecular weight is 251 g/mol. The first kappa shape index (κ1) is 13.3. The lowest BCUT2D eigenvalue weighted by atomic mass is 9.98. The molecule has 0 bridgehead atoms. The Labute approximate surface area is 109 Å². The minimum atomic E-state index is -0.265. The van der Waals surface area contributed by atoms with Crippen LogP contribution in [0.2, 0.25) is 0 Å². The molecule has 2 nitrogen and oxygen atoms in total. The summed E-state index contributed by atoms with van der Waals surface area (Å²) in [6.45, 7) is 3.29. The molecule has 1 atom stereocenters. The predicted molar refractivity (Wildman–Crippen MR) is 71.5 cm³/mol. The van der Waals surface area contributed by atoms with E-state index in [1.165, 1.54) is 20.0 Å². The lowest BCUT2D eigenvalue weighted by Crippen LogP contribution is -2.20. The summed E-state index contributed by atoms with van der Waals surface area (Å²) in [6, 6.07) is 6.02. The maximum absolute atomic E-state index is 13.5. The van der Waals surface area contributed by atoms with Crippen molar-refractivity contribution in [3.05, 3.63) is 29.6 Å². The summed E-state index contributed by atoms with van der Waals surface area (Å²) in [5, 5.41) is 3.51. The van der Waals surface area contributed by atoms with Crippen molar-refractivity contribution in [1.29, 1.82) is 0 Å². The van der Waals surface area contributed by atoms with Crippen LogP contribution in [0.3, 0.4) is 0 Å². The first-order valence-electron chi connectivity index (χ1n) is 6.75. The summed E-state index contributed by atoms with van der Waals surface area (Å²) in [4.78, 5) is 0. The molecular weight excluding hydrogens is 229 g/mol. The number of halogens is 1. The second-order valence-electron chi connectivity index (χ2n) is 5.30. The molecule has 0 aromatic heterocycles. The van der Waals surface area contributed by atoms with Gasteiger partial charge in [-0.25, -0.2) is 4.39 Å². The molecule has 3 heteroatoms. The van der Waals surface area contributed by atoms with E-state index in [0.29, 0.717) is 11.7 Å². The van der Waals surface area contributed by atoms with Crippen LogP contribution in [0.1, 0.15) is 31.7 Å². The Morgan fingerprint density at radius 2 is 2.22 bits per heavy atom. The zero-order valence-corrected chi connectivity index (χ0v) is 11.2. The van der Waals surface area contributed by atoms with Crippen LogP contribution in [0.4, 0.5) is 4.39 Å². The van der Waals surface area contributed by atoms with Gasteiger partial charge < -0.3 is 10.1 Å². The fourth-order valence-corrected chi connectivity index (χ4v) is 2.16. The van der Waals surface area contributed by atoms with Gasteiger partial charge in [-0.1, -0.05) is 13.0 Å². The highest BCUT2D eigenvalue weighted by molar-refractivity contribution is 5.29. The molecule has 1 aromatic carbocycles. The van der Waals surface area contributed by atoms with Crippen LogP contribution in [0.25, 0.3) is 0 Å². The van der Waals surface area contributed by atoms with Gasteiger partial charge in [-0.15, -0.1) is 0 Å². The van der Waals surface area contributed by atoms with E-state index in [0.717, 1.165) is 31.0 Å². The molecule has 1 aromatic rings. The monoisotopic (exact) mass is 251 g/mol. The third kappa shape index (κ3) is 3.98. The van der Waals surface area contributed by atoms with Crippen LogP contribution in [0.15, 0.2) is 18.2 Å². The molecule has 0 amide bonds. The van der Waals surface area contributed by atoms with E-state index in [9.17, 15) is 4.39 Å². The molecule has 2 rings (SSSR count). The summed E-state index contributed by atoms with van der Waals surface area (Å²) in [6.07, 6.45) is 4.73. The van der Waals surface area contributed by atoms with E-state index in [-0.39, 0.29) is 5.82 Å². The van der Waals surface area contributed by atoms with E-state index >= 15 is 0 Å². The van der Waals surface area contributed by atoms with E-state index in [1.807, 2.05) is 6.07 Å². The van der Waals surface area contributed by atoms with Gasteiger partial charge in [0.2, 0.25) is 0 Å². The van der Waals surface area contributed by atoms with Crippen molar-refractivity contribution in [2.45, 2.75) is 38.6 Å². The normalized spacial score (nSPS) is 16.6. The van der Waals surface area contributed by atoms with Gasteiger partial charge in [0, 0.05) is 6.04 Å². The van der Waals surface area contributed by atoms with Crippen molar-refractivity contribution < 1.29 is 9.13 Å². The lowest BCUT2D eigenvalue weighted by molar-refractivity contribution is 0.385. The van der Waals surface area contributed by atoms with E-state index < -0.39 is 0 Å². The Morgan fingerprint density at radius 3 is 2.83 bits per heavy atom. The van der Waals surface area contributed by atoms with Gasteiger partial charge in [0.1, 0.15) is 0 Å². The van der Waals surface area contributed by atoms with Crippen LogP contribution in [-0.4, -0.2) is 19.7 Å². The van der Waals surface area contributed by atoms with Gasteiger partial charge in [0.25, 0.3) is 0 Å². The highest BCUT2D eigenvalue weighted by atomic mass is 19.1. The average Bonchev–Trinajstić information content (AvgIpc) is 3.13. The largest absolute Gasteiger partial charge is 0.494 e. The molecule has 18 heavy (non-hydrogen) atoms. The highest BCUT2D eigenvalue weighted by Gasteiger charge is 2.20. The Bertz CT molecular complexity index is 390. The summed E-state index contributed by atoms with van der Waals surface area (Å²) in [7, 11) is 1.49. The van der Waals surface area contributed by atoms with Crippen LogP contribution >= 0.6 is 0 Å². The number of ether oxygens (including phenoxy) is 1. The smallest absolute Gasteiger partial charge is 0.165 e. The summed E-state index contributed by atoms with van der Waals surface area (Å²) < 4.78 is 18.4. The topological polar surface area (TPSA) is 21.3 Å². The third-order valence-corrected chi connectivity index (χ3v) is 3.45. The van der Waals surface area contributed by atoms with Gasteiger partial charge in [0.05, 0.1) is 7.11 Å². The van der Waals surface area contributed by atoms with E-state index in [4.69, 9.17) is 4.74 Å². The molecule has 100 valence electrons. The van der Waals surface area contributed by atoms with Crippen LogP contribution in [0, 0.1) is 11.7 Å². The van der Waals surface area contributed by atoms with Gasteiger partial charge in [-0.05, 0) is 55.8 Å². The fourth-order valence-electron chi connectivity index (χ4n) is 2.16. The van der Waals surface area contributed by atoms with Crippen LogP contribution in [0.5, 0.6) is 5.75 Å². The Kier molecular flexibility index (Phi) is 4.59. The molecule has 1 N–H and O–H groups in total. The summed E-state index contributed by atoms with van der Waals surface area (Å²) in [5.74, 6) is 0.629. The first-order chi connectivity index (χ1) is 8.69. The predicted octanol–water partition coefficient (Wildman–Crippen LogP) is 3.16. The third-order valence-electron chi connectivity index (χ3n) is 3.45. The van der Waals surface area contributed by atoms with E-state index in [1.54, 1.807) is 12.1 Å². The van der Waals surface area contributed by atoms with Crippen molar-refractivity contribution >= 4 is 0 Å². The Morgan fingerprint density at radius 1 is 1.44 bits per heavy atom. The molecule has 1 fully saturated rings.